The van der Waals surface area contributed by atoms with Crippen LogP contribution in [0.2, 0.25) is 0 Å². The molecule has 2 amide bonds. The van der Waals surface area contributed by atoms with Crippen molar-refractivity contribution in [3.8, 4) is 0 Å². The maximum absolute atomic E-state index is 12.8. The van der Waals surface area contributed by atoms with E-state index in [1.54, 1.807) is 16.2 Å². The molecule has 0 radical (unpaired) electrons. The summed E-state index contributed by atoms with van der Waals surface area (Å²) in [5.74, 6) is 0.268. The van der Waals surface area contributed by atoms with Gasteiger partial charge in [-0.3, -0.25) is 9.59 Å². The molecule has 2 aliphatic rings. The highest BCUT2D eigenvalue weighted by Gasteiger charge is 2.46. The lowest BCUT2D eigenvalue weighted by molar-refractivity contribution is -0.136. The minimum Gasteiger partial charge on any atom is -0.329 e. The van der Waals surface area contributed by atoms with Gasteiger partial charge in [0.2, 0.25) is 11.8 Å². The van der Waals surface area contributed by atoms with E-state index in [-0.39, 0.29) is 24.3 Å². The average Bonchev–Trinajstić information content (AvgIpc) is 3.25. The Morgan fingerprint density at radius 3 is 2.91 bits per heavy atom. The van der Waals surface area contributed by atoms with Crippen LogP contribution in [-0.4, -0.2) is 23.3 Å². The third-order valence-electron chi connectivity index (χ3n) is 4.42. The highest BCUT2D eigenvalue weighted by atomic mass is 79.9. The van der Waals surface area contributed by atoms with E-state index in [0.717, 1.165) is 21.5 Å². The van der Waals surface area contributed by atoms with E-state index in [1.807, 2.05) is 24.3 Å². The lowest BCUT2D eigenvalue weighted by atomic mass is 10.1. The maximum atomic E-state index is 12.8. The van der Waals surface area contributed by atoms with Crippen molar-refractivity contribution in [2.24, 2.45) is 5.92 Å². The first-order valence-electron chi connectivity index (χ1n) is 7.52. The maximum Gasteiger partial charge on any atom is 0.244 e. The van der Waals surface area contributed by atoms with Gasteiger partial charge in [-0.25, -0.2) is 0 Å². The first kappa shape index (κ1) is 14.9. The zero-order valence-electron chi connectivity index (χ0n) is 12.3. The van der Waals surface area contributed by atoms with Gasteiger partial charge in [0, 0.05) is 18.2 Å². The molecule has 0 bridgehead atoms. The molecule has 23 heavy (non-hydrogen) atoms. The molecule has 118 valence electrons. The lowest BCUT2D eigenvalue weighted by Gasteiger charge is -2.19. The van der Waals surface area contributed by atoms with Crippen molar-refractivity contribution in [1.82, 2.24) is 4.90 Å². The van der Waals surface area contributed by atoms with Crippen LogP contribution in [0.1, 0.15) is 23.5 Å². The zero-order chi connectivity index (χ0) is 16.0. The van der Waals surface area contributed by atoms with E-state index in [2.05, 4.69) is 32.7 Å². The molecular weight excluding hydrogens is 376 g/mol. The summed E-state index contributed by atoms with van der Waals surface area (Å²) in [6.45, 7) is 0.619. The number of hydrogen-bond acceptors (Lipinski definition) is 3. The van der Waals surface area contributed by atoms with Crippen LogP contribution in [0.3, 0.4) is 0 Å². The molecule has 1 aliphatic carbocycles. The van der Waals surface area contributed by atoms with Crippen molar-refractivity contribution in [2.75, 3.05) is 11.9 Å². The van der Waals surface area contributed by atoms with Gasteiger partial charge in [0.25, 0.3) is 0 Å². The predicted octanol–water partition coefficient (Wildman–Crippen LogP) is 3.60. The van der Waals surface area contributed by atoms with E-state index in [4.69, 9.17) is 0 Å². The van der Waals surface area contributed by atoms with Crippen LogP contribution in [0.5, 0.6) is 0 Å². The Bertz CT molecular complexity index is 788. The van der Waals surface area contributed by atoms with Crippen LogP contribution < -0.4 is 5.32 Å². The second-order valence-electron chi connectivity index (χ2n) is 6.03. The van der Waals surface area contributed by atoms with Crippen LogP contribution >= 0.6 is 27.3 Å². The van der Waals surface area contributed by atoms with Gasteiger partial charge < -0.3 is 10.2 Å². The fraction of sp³-hybridized carbons (Fsp3) is 0.294. The van der Waals surface area contributed by atoms with E-state index < -0.39 is 0 Å². The van der Waals surface area contributed by atoms with Crippen LogP contribution in [0, 0.1) is 5.92 Å². The molecule has 2 aromatic rings. The number of hydrogen-bond donors (Lipinski definition) is 1. The molecule has 4 nitrogen and oxygen atoms in total. The molecular formula is C17H15BrN2O2S. The number of thiophene rings is 1. The number of rotatable bonds is 2. The fourth-order valence-electron chi connectivity index (χ4n) is 3.15. The average molecular weight is 391 g/mol. The second-order valence-corrected chi connectivity index (χ2v) is 8.32. The minimum atomic E-state index is -0.126. The van der Waals surface area contributed by atoms with Crippen LogP contribution in [0.4, 0.5) is 5.69 Å². The SMILES string of the molecule is O=C1CN(C(=O)[C@@H]2C[C@H]2c2csc(Br)c2)Cc2ccccc2N1. The van der Waals surface area contributed by atoms with Gasteiger partial charge in [-0.05, 0) is 56.9 Å². The number of nitrogens with one attached hydrogen (secondary N) is 1. The van der Waals surface area contributed by atoms with Crippen molar-refractivity contribution in [2.45, 2.75) is 18.9 Å². The van der Waals surface area contributed by atoms with Crippen molar-refractivity contribution in [3.05, 3.63) is 50.6 Å². The number of para-hydroxylation sites is 1. The summed E-state index contributed by atoms with van der Waals surface area (Å²) in [6, 6.07) is 9.75. The Hall–Kier alpha value is -1.66. The quantitative estimate of drug-likeness (QED) is 0.851. The number of anilines is 1. The Morgan fingerprint density at radius 2 is 2.13 bits per heavy atom. The molecule has 1 saturated carbocycles. The molecule has 1 aromatic carbocycles. The summed E-state index contributed by atoms with van der Waals surface area (Å²) >= 11 is 5.11. The van der Waals surface area contributed by atoms with E-state index in [9.17, 15) is 9.59 Å². The molecule has 1 N–H and O–H groups in total. The van der Waals surface area contributed by atoms with Crippen LogP contribution in [0.25, 0.3) is 0 Å². The molecule has 0 spiro atoms. The van der Waals surface area contributed by atoms with Gasteiger partial charge in [-0.2, -0.15) is 0 Å². The third-order valence-corrected chi connectivity index (χ3v) is 5.95. The molecule has 4 rings (SSSR count). The van der Waals surface area contributed by atoms with Gasteiger partial charge in [0.05, 0.1) is 3.79 Å². The summed E-state index contributed by atoms with van der Waals surface area (Å²) in [5.41, 5.74) is 3.02. The Morgan fingerprint density at radius 1 is 1.30 bits per heavy atom. The molecule has 1 aromatic heterocycles. The number of fused-ring (bicyclic) bond motifs is 1. The van der Waals surface area contributed by atoms with Crippen molar-refractivity contribution in [3.63, 3.8) is 0 Å². The first-order valence-corrected chi connectivity index (χ1v) is 9.19. The van der Waals surface area contributed by atoms with Gasteiger partial charge in [-0.15, -0.1) is 11.3 Å². The highest BCUT2D eigenvalue weighted by Crippen LogP contribution is 2.50. The standard InChI is InChI=1S/C17H15BrN2O2S/c18-15-5-11(9-23-15)12-6-13(12)17(22)20-7-10-3-1-2-4-14(10)19-16(21)8-20/h1-5,9,12-13H,6-8H2,(H,19,21)/t12-,13+/m0/s1. The van der Waals surface area contributed by atoms with Crippen LogP contribution in [-0.2, 0) is 16.1 Å². The lowest BCUT2D eigenvalue weighted by Crippen LogP contribution is -2.36. The Labute approximate surface area is 146 Å². The molecule has 6 heteroatoms. The minimum absolute atomic E-state index is 0.00885. The monoisotopic (exact) mass is 390 g/mol. The smallest absolute Gasteiger partial charge is 0.244 e. The summed E-state index contributed by atoms with van der Waals surface area (Å²) in [4.78, 5) is 26.5. The molecule has 0 saturated heterocycles. The zero-order valence-corrected chi connectivity index (χ0v) is 14.7. The normalized spacial score (nSPS) is 23.0. The van der Waals surface area contributed by atoms with Crippen molar-refractivity contribution < 1.29 is 9.59 Å². The Kier molecular flexibility index (Phi) is 3.73. The molecule has 2 atom stereocenters. The van der Waals surface area contributed by atoms with Crippen molar-refractivity contribution >= 4 is 44.8 Å². The van der Waals surface area contributed by atoms with Gasteiger partial charge in [0.1, 0.15) is 6.54 Å². The fourth-order valence-corrected chi connectivity index (χ4v) is 4.39. The van der Waals surface area contributed by atoms with Gasteiger partial charge in [0.15, 0.2) is 0 Å². The Balaban J connectivity index is 1.52. The molecule has 2 heterocycles. The van der Waals surface area contributed by atoms with Gasteiger partial charge in [-0.1, -0.05) is 18.2 Å². The molecule has 1 fully saturated rings. The highest BCUT2D eigenvalue weighted by molar-refractivity contribution is 9.11. The molecule has 0 unspecified atom stereocenters. The topological polar surface area (TPSA) is 49.4 Å². The summed E-state index contributed by atoms with van der Waals surface area (Å²) in [7, 11) is 0. The number of carbonyl (C=O) groups excluding carboxylic acids is 2. The van der Waals surface area contributed by atoms with E-state index in [0.29, 0.717) is 12.5 Å². The van der Waals surface area contributed by atoms with E-state index >= 15 is 0 Å². The third kappa shape index (κ3) is 2.93. The van der Waals surface area contributed by atoms with Crippen LogP contribution in [0.15, 0.2) is 39.5 Å². The number of nitrogens with zero attached hydrogens (tertiary/aromatic N) is 1. The summed E-state index contributed by atoms with van der Waals surface area (Å²) in [5, 5.41) is 4.98. The number of halogens is 1. The second kappa shape index (κ2) is 5.76. The summed E-state index contributed by atoms with van der Waals surface area (Å²) < 4.78 is 1.09. The van der Waals surface area contributed by atoms with Gasteiger partial charge >= 0.3 is 0 Å². The number of benzene rings is 1. The molecule has 1 aliphatic heterocycles. The van der Waals surface area contributed by atoms with Crippen molar-refractivity contribution in [1.29, 1.82) is 0 Å². The first-order chi connectivity index (χ1) is 11.1. The van der Waals surface area contributed by atoms with E-state index in [1.165, 1.54) is 5.56 Å². The number of amides is 2. The number of carbonyl (C=O) groups is 2. The largest absolute Gasteiger partial charge is 0.329 e. The predicted molar refractivity (Wildman–Crippen MR) is 93.4 cm³/mol. The summed E-state index contributed by atoms with van der Waals surface area (Å²) in [6.07, 6.45) is 0.877.